The summed E-state index contributed by atoms with van der Waals surface area (Å²) in [6.45, 7) is 8.33. The van der Waals surface area contributed by atoms with Crippen LogP contribution in [0.15, 0.2) is 48.1 Å². The average Bonchev–Trinajstić information content (AvgIpc) is 3.88. The van der Waals surface area contributed by atoms with E-state index in [2.05, 4.69) is 33.7 Å². The summed E-state index contributed by atoms with van der Waals surface area (Å²) in [4.78, 5) is 73.2. The third-order valence-electron chi connectivity index (χ3n) is 17.2. The van der Waals surface area contributed by atoms with Crippen molar-refractivity contribution >= 4 is 49.8 Å². The third-order valence-corrected chi connectivity index (χ3v) is 21.5. The summed E-state index contributed by atoms with van der Waals surface area (Å²) in [6.07, 6.45) is 10.7. The number of allylic oxidation sites excluding steroid dienone is 4. The van der Waals surface area contributed by atoms with Crippen molar-refractivity contribution in [3.8, 4) is 5.69 Å². The number of halogens is 2. The Morgan fingerprint density at radius 1 is 0.934 bits per heavy atom. The fourth-order valence-corrected chi connectivity index (χ4v) is 17.1. The van der Waals surface area contributed by atoms with E-state index < -0.39 is 85.4 Å². The Bertz CT molecular complexity index is 2570. The third kappa shape index (κ3) is 12.8. The molecule has 0 spiro atoms. The minimum atomic E-state index is -4.89. The van der Waals surface area contributed by atoms with Gasteiger partial charge in [0.25, 0.3) is 0 Å². The van der Waals surface area contributed by atoms with Gasteiger partial charge in [-0.15, -0.1) is 5.10 Å². The molecule has 3 unspecified atom stereocenters. The molecular formula is C55H79F2N3O13P2S. The van der Waals surface area contributed by atoms with Crippen molar-refractivity contribution in [1.82, 2.24) is 15.0 Å². The first-order valence-electron chi connectivity index (χ1n) is 27.6. The van der Waals surface area contributed by atoms with E-state index in [0.717, 1.165) is 99.1 Å². The first kappa shape index (κ1) is 60.4. The van der Waals surface area contributed by atoms with Gasteiger partial charge in [0.05, 0.1) is 30.3 Å². The van der Waals surface area contributed by atoms with Crippen molar-refractivity contribution < 1.29 is 70.3 Å². The number of unbranched alkanes of at least 4 members (excludes halogenated alkanes) is 7. The van der Waals surface area contributed by atoms with Gasteiger partial charge in [-0.1, -0.05) is 114 Å². The van der Waals surface area contributed by atoms with Crippen LogP contribution in [0.2, 0.25) is 0 Å². The lowest BCUT2D eigenvalue weighted by atomic mass is 9.44. The molecule has 3 N–H and O–H groups in total. The highest BCUT2D eigenvalue weighted by molar-refractivity contribution is 8.13. The van der Waals surface area contributed by atoms with Crippen molar-refractivity contribution in [2.75, 3.05) is 25.1 Å². The number of thioether (sulfide) groups is 1. The second kappa shape index (κ2) is 25.5. The topological polar surface area (TPSA) is 231 Å². The lowest BCUT2D eigenvalue weighted by molar-refractivity contribution is -0.228. The van der Waals surface area contributed by atoms with Gasteiger partial charge in [-0.05, 0) is 112 Å². The molecule has 3 saturated carbocycles. The van der Waals surface area contributed by atoms with Gasteiger partial charge in [-0.3, -0.25) is 28.3 Å². The van der Waals surface area contributed by atoms with E-state index in [0.29, 0.717) is 31.4 Å². The number of phosphoric acid groups is 1. The Balaban J connectivity index is 0.777. The number of carbonyl (C=O) groups excluding carboxylic acids is 4. The first-order chi connectivity index (χ1) is 36.1. The van der Waals surface area contributed by atoms with E-state index in [1.165, 1.54) is 24.6 Å². The smallest absolute Gasteiger partial charge is 0.449 e. The Morgan fingerprint density at radius 3 is 2.33 bits per heavy atom. The lowest BCUT2D eigenvalue weighted by Crippen LogP contribution is -2.70. The predicted octanol–water partition coefficient (Wildman–Crippen LogP) is 11.3. The number of phosphoric ester groups is 1. The number of hydrogen-bond acceptors (Lipinski definition) is 14. The van der Waals surface area contributed by atoms with E-state index in [1.54, 1.807) is 13.8 Å². The number of aliphatic hydroxyl groups excluding tert-OH is 1. The summed E-state index contributed by atoms with van der Waals surface area (Å²) in [5, 5.41) is 20.4. The molecule has 5 aliphatic carbocycles. The molecule has 12 atom stereocenters. The Hall–Kier alpha value is -3.25. The largest absolute Gasteiger partial charge is 0.479 e. The molecular weight excluding hydrogens is 1040 g/mol. The standard InChI is InChI=1S/C55H79F2N3O13P2S/c1-6-38-23-25-39(26-24-38)60-46-21-15-14-16-22-47(50(46)58-59-60)70-36-41(62)20-19-29-71-75(68,69)73-74(66,67)30-17-12-10-8-9-11-13-18-31-76-51(65)55(72-49(64)7-2)37(3)32-42-43-34-45(56)44-33-40(61)27-28-52(44,4)54(43,57)48(63)35-53(42,55)5/h23-28,33,37,42-43,45,47-48,63H,6-22,29-32,34-36H2,1-5H3,(H,66,67)(H,68,69)/t37-,42+,43+,45+,47?,48+,52+,53+,54+,55+/m1/s1. The van der Waals surface area contributed by atoms with E-state index >= 15 is 8.78 Å². The molecule has 1 aromatic carbocycles. The van der Waals surface area contributed by atoms with Gasteiger partial charge in [0.2, 0.25) is 5.12 Å². The monoisotopic (exact) mass is 1120 g/mol. The molecule has 76 heavy (non-hydrogen) atoms. The summed E-state index contributed by atoms with van der Waals surface area (Å²) in [6, 6.07) is 8.19. The molecule has 21 heteroatoms. The molecule has 2 aromatic rings. The zero-order chi connectivity index (χ0) is 55.1. The maximum atomic E-state index is 17.8. The van der Waals surface area contributed by atoms with Crippen LogP contribution >= 0.6 is 27.2 Å². The number of Topliss-reactive ketones (excluding diaryl/α,β-unsaturated/α-hetero) is 1. The van der Waals surface area contributed by atoms with Gasteiger partial charge in [-0.2, -0.15) is 0 Å². The van der Waals surface area contributed by atoms with E-state index in [9.17, 15) is 43.2 Å². The number of aliphatic hydroxyl groups is 1. The zero-order valence-electron chi connectivity index (χ0n) is 44.8. The first-order valence-corrected chi connectivity index (χ1v) is 31.8. The lowest BCUT2D eigenvalue weighted by Gasteiger charge is -2.63. The fourth-order valence-electron chi connectivity index (χ4n) is 13.1. The highest BCUT2D eigenvalue weighted by Gasteiger charge is 2.78. The van der Waals surface area contributed by atoms with Crippen LogP contribution in [0.1, 0.15) is 173 Å². The van der Waals surface area contributed by atoms with Crippen LogP contribution in [-0.2, 0) is 59.5 Å². The molecule has 0 amide bonds. The quantitative estimate of drug-likeness (QED) is 0.0452. The van der Waals surface area contributed by atoms with Gasteiger partial charge >= 0.3 is 21.4 Å². The van der Waals surface area contributed by atoms with Crippen molar-refractivity contribution in [1.29, 1.82) is 0 Å². The molecule has 422 valence electrons. The Kier molecular flexibility index (Phi) is 20.2. The minimum Gasteiger partial charge on any atom is -0.449 e. The van der Waals surface area contributed by atoms with Crippen LogP contribution in [0.5, 0.6) is 0 Å². The highest BCUT2D eigenvalue weighted by Crippen LogP contribution is 2.72. The van der Waals surface area contributed by atoms with Gasteiger partial charge in [-0.25, -0.2) is 22.3 Å². The van der Waals surface area contributed by atoms with E-state index in [1.807, 2.05) is 23.7 Å². The number of rotatable bonds is 26. The summed E-state index contributed by atoms with van der Waals surface area (Å²) in [5.41, 5.74) is -2.91. The number of aromatic nitrogens is 3. The summed E-state index contributed by atoms with van der Waals surface area (Å²) < 4.78 is 82.8. The number of ether oxygens (including phenoxy) is 2. The van der Waals surface area contributed by atoms with Crippen molar-refractivity contribution in [3.63, 3.8) is 0 Å². The second-order valence-corrected chi connectivity index (χ2v) is 26.8. The number of ketones is 2. The number of esters is 1. The van der Waals surface area contributed by atoms with Gasteiger partial charge in [0.1, 0.15) is 24.6 Å². The molecule has 0 bridgehead atoms. The van der Waals surface area contributed by atoms with Crippen LogP contribution in [0, 0.1) is 28.6 Å². The molecule has 16 nitrogen and oxygen atoms in total. The number of carbonyl (C=O) groups is 4. The van der Waals surface area contributed by atoms with Crippen molar-refractivity contribution in [2.24, 2.45) is 28.6 Å². The zero-order valence-corrected chi connectivity index (χ0v) is 47.4. The minimum absolute atomic E-state index is 0.00515. The summed E-state index contributed by atoms with van der Waals surface area (Å²) in [7, 11) is -9.35. The van der Waals surface area contributed by atoms with Crippen LogP contribution in [-0.4, -0.2) is 101 Å². The van der Waals surface area contributed by atoms with Crippen LogP contribution < -0.4 is 0 Å². The molecule has 0 radical (unpaired) electrons. The van der Waals surface area contributed by atoms with Crippen LogP contribution in [0.3, 0.4) is 0 Å². The molecule has 3 fully saturated rings. The average molecular weight is 1120 g/mol. The van der Waals surface area contributed by atoms with Gasteiger partial charge < -0.3 is 24.4 Å². The molecule has 7 rings (SSSR count). The van der Waals surface area contributed by atoms with Gasteiger partial charge in [0, 0.05) is 41.3 Å². The van der Waals surface area contributed by atoms with Crippen molar-refractivity contribution in [3.05, 3.63) is 65.0 Å². The number of benzene rings is 1. The van der Waals surface area contributed by atoms with Crippen LogP contribution in [0.4, 0.5) is 8.78 Å². The van der Waals surface area contributed by atoms with E-state index in [4.69, 9.17) is 14.0 Å². The van der Waals surface area contributed by atoms with Gasteiger partial charge in [0.15, 0.2) is 22.8 Å². The van der Waals surface area contributed by atoms with E-state index in [-0.39, 0.29) is 74.4 Å². The summed E-state index contributed by atoms with van der Waals surface area (Å²) in [5.74, 6) is -2.96. The highest BCUT2D eigenvalue weighted by atomic mass is 32.2. The fraction of sp³-hybridized carbons (Fsp3) is 0.709. The number of alkyl halides is 2. The number of aryl methyl sites for hydroxylation is 1. The molecule has 0 saturated heterocycles. The number of fused-ring (bicyclic) bond motifs is 6. The summed E-state index contributed by atoms with van der Waals surface area (Å²) >= 11 is 1.07. The molecule has 1 heterocycles. The van der Waals surface area contributed by atoms with Crippen molar-refractivity contribution in [2.45, 2.75) is 193 Å². The SMILES string of the molecule is CCC(=O)O[C@]1(C(=O)SCCCCCCCCCCP(=O)(O)OP(=O)(O)OCCCC(=O)COC2CCCCCc3c2nnn3-c2ccc(CC)cc2)[C@H](C)C[C@H]2[C@@H]3C[C@H](F)C4=CC(=O)C=C[C@]4(C)[C@@]3(F)[C@@H](O)C[C@@]21C. The predicted molar refractivity (Wildman–Crippen MR) is 284 cm³/mol. The number of hydrogen-bond donors (Lipinski definition) is 3. The second-order valence-electron chi connectivity index (χ2n) is 22.2. The molecule has 5 aliphatic rings. The maximum Gasteiger partial charge on any atom is 0.479 e. The maximum absolute atomic E-state index is 17.8. The molecule has 0 aliphatic heterocycles. The number of nitrogens with zero attached hydrogens (tertiary/aromatic N) is 3. The Morgan fingerprint density at radius 2 is 1.63 bits per heavy atom. The normalized spacial score (nSPS) is 31.6. The Labute approximate surface area is 450 Å². The van der Waals surface area contributed by atoms with Crippen LogP contribution in [0.25, 0.3) is 5.69 Å². The molecule has 1 aromatic heterocycles.